The lowest BCUT2D eigenvalue weighted by Gasteiger charge is -2.17. The second kappa shape index (κ2) is 20.0. The van der Waals surface area contributed by atoms with Gasteiger partial charge < -0.3 is 53.4 Å². The summed E-state index contributed by atoms with van der Waals surface area (Å²) in [4.78, 5) is 58.4. The van der Waals surface area contributed by atoms with Crippen LogP contribution in [0.4, 0.5) is 0 Å². The number of carbonyl (C=O) groups is 5. The van der Waals surface area contributed by atoms with Crippen LogP contribution in [0.25, 0.3) is 0 Å². The molecule has 0 heterocycles. The summed E-state index contributed by atoms with van der Waals surface area (Å²) in [5.74, 6) is -3.87. The molecule has 230 valence electrons. The molecule has 0 aromatic heterocycles. The predicted molar refractivity (Wildman–Crippen MR) is 150 cm³/mol. The molecule has 0 bridgehead atoms. The van der Waals surface area contributed by atoms with E-state index in [9.17, 15) is 34.2 Å². The number of phenolic OH excluding ortho intramolecular Hbond substituents is 2. The van der Waals surface area contributed by atoms with Crippen LogP contribution in [0.1, 0.15) is 44.1 Å². The maximum Gasteiger partial charge on any atom is 0.305 e. The summed E-state index contributed by atoms with van der Waals surface area (Å²) in [6.07, 6.45) is 2.03. The van der Waals surface area contributed by atoms with Crippen molar-refractivity contribution in [1.82, 2.24) is 26.6 Å². The van der Waals surface area contributed by atoms with Crippen molar-refractivity contribution in [2.45, 2.75) is 57.0 Å². The minimum Gasteiger partial charge on any atom is -0.508 e. The van der Waals surface area contributed by atoms with E-state index in [1.807, 2.05) is 0 Å². The number of carboxylic acids is 1. The van der Waals surface area contributed by atoms with Crippen LogP contribution in [0.3, 0.4) is 0 Å². The zero-order valence-electron chi connectivity index (χ0n) is 23.1. The van der Waals surface area contributed by atoms with Crippen LogP contribution in [0.2, 0.25) is 0 Å². The van der Waals surface area contributed by atoms with Crippen molar-refractivity contribution in [2.24, 2.45) is 11.5 Å². The highest BCUT2D eigenvalue weighted by Crippen LogP contribution is 2.22. The van der Waals surface area contributed by atoms with Crippen LogP contribution in [-0.4, -0.2) is 96.3 Å². The van der Waals surface area contributed by atoms with Crippen molar-refractivity contribution in [2.75, 3.05) is 39.3 Å². The van der Waals surface area contributed by atoms with Crippen molar-refractivity contribution < 1.29 is 39.3 Å². The number of nitrogens with two attached hydrogens (primary N) is 2. The molecule has 0 aliphatic heterocycles. The van der Waals surface area contributed by atoms with Gasteiger partial charge in [0.2, 0.25) is 23.6 Å². The molecule has 0 aliphatic carbocycles. The highest BCUT2D eigenvalue weighted by Gasteiger charge is 2.23. The number of aromatic hydroxyl groups is 2. The van der Waals surface area contributed by atoms with Gasteiger partial charge in [-0.2, -0.15) is 0 Å². The standard InChI is InChI=1S/C26H43N7O8/c27-19(15-24(38)39)25(40)31-12-4-10-30-9-3-8-29-7-1-2-11-32-26(41)20(16-22(28)36)33-23(37)13-17-5-6-18(34)14-21(17)35/h5-6,14,19-20,29-30,34-35H,1-4,7-13,15-16,27H2,(H2,28,36)(H,31,40)(H,32,41)(H,33,37)(H,38,39)/t19-,20-/m0/s1. The number of primary amides is 1. The molecule has 1 rings (SSSR count). The number of benzene rings is 1. The Labute approximate surface area is 238 Å². The maximum absolute atomic E-state index is 12.5. The van der Waals surface area contributed by atoms with Gasteiger partial charge in [0.1, 0.15) is 17.5 Å². The van der Waals surface area contributed by atoms with Crippen LogP contribution in [0, 0.1) is 0 Å². The number of phenols is 2. The van der Waals surface area contributed by atoms with Crippen LogP contribution in [0.15, 0.2) is 18.2 Å². The Morgan fingerprint density at radius 1 is 0.780 bits per heavy atom. The number of unbranched alkanes of at least 4 members (excludes halogenated alkanes) is 1. The first kappa shape index (κ1) is 35.1. The van der Waals surface area contributed by atoms with E-state index in [0.717, 1.165) is 38.5 Å². The summed E-state index contributed by atoms with van der Waals surface area (Å²) in [6.45, 7) is 3.79. The van der Waals surface area contributed by atoms with Crippen LogP contribution in [-0.2, 0) is 30.4 Å². The summed E-state index contributed by atoms with van der Waals surface area (Å²) in [6, 6.07) is 1.61. The maximum atomic E-state index is 12.5. The summed E-state index contributed by atoms with van der Waals surface area (Å²) >= 11 is 0. The van der Waals surface area contributed by atoms with Crippen molar-refractivity contribution in [3.8, 4) is 11.5 Å². The van der Waals surface area contributed by atoms with E-state index < -0.39 is 48.1 Å². The van der Waals surface area contributed by atoms with E-state index in [1.54, 1.807) is 0 Å². The lowest BCUT2D eigenvalue weighted by Crippen LogP contribution is -2.49. The fourth-order valence-electron chi connectivity index (χ4n) is 3.67. The largest absolute Gasteiger partial charge is 0.508 e. The van der Waals surface area contributed by atoms with Gasteiger partial charge in [-0.05, 0) is 57.9 Å². The third-order valence-corrected chi connectivity index (χ3v) is 5.82. The van der Waals surface area contributed by atoms with Crippen LogP contribution >= 0.6 is 0 Å². The average molecular weight is 582 g/mol. The first-order chi connectivity index (χ1) is 19.5. The Bertz CT molecular complexity index is 1010. The van der Waals surface area contributed by atoms with E-state index in [2.05, 4.69) is 26.6 Å². The SMILES string of the molecule is NC(=O)C[C@H](NC(=O)Cc1ccc(O)cc1O)C(=O)NCCCCNCCCNCCCNC(=O)[C@@H](N)CC(=O)O. The third kappa shape index (κ3) is 16.7. The molecule has 4 amide bonds. The Hall–Kier alpha value is -3.95. The van der Waals surface area contributed by atoms with Gasteiger partial charge in [0.15, 0.2) is 0 Å². The fourth-order valence-corrected chi connectivity index (χ4v) is 3.67. The first-order valence-electron chi connectivity index (χ1n) is 13.5. The van der Waals surface area contributed by atoms with Crippen molar-refractivity contribution in [3.63, 3.8) is 0 Å². The van der Waals surface area contributed by atoms with Gasteiger partial charge in [-0.25, -0.2) is 0 Å². The Balaban J connectivity index is 2.12. The highest BCUT2D eigenvalue weighted by atomic mass is 16.4. The summed E-state index contributed by atoms with van der Waals surface area (Å²) < 4.78 is 0. The zero-order chi connectivity index (χ0) is 30.6. The molecule has 15 heteroatoms. The number of aliphatic carboxylic acids is 1. The number of carboxylic acid groups (broad SMARTS) is 1. The van der Waals surface area contributed by atoms with E-state index in [0.29, 0.717) is 32.5 Å². The molecular formula is C26H43N7O8. The Morgan fingerprint density at radius 3 is 1.95 bits per heavy atom. The number of nitrogens with one attached hydrogen (secondary N) is 5. The molecule has 15 nitrogen and oxygen atoms in total. The lowest BCUT2D eigenvalue weighted by molar-refractivity contribution is -0.139. The zero-order valence-corrected chi connectivity index (χ0v) is 23.1. The minimum absolute atomic E-state index is 0.152. The molecule has 0 spiro atoms. The van der Waals surface area contributed by atoms with Crippen molar-refractivity contribution >= 4 is 29.6 Å². The minimum atomic E-state index is -1.14. The molecular weight excluding hydrogens is 538 g/mol. The molecule has 2 atom stereocenters. The van der Waals surface area contributed by atoms with Gasteiger partial charge in [-0.15, -0.1) is 0 Å². The molecule has 0 unspecified atom stereocenters. The topological polar surface area (TPSA) is 258 Å². The summed E-state index contributed by atoms with van der Waals surface area (Å²) in [7, 11) is 0. The molecule has 0 fully saturated rings. The van der Waals surface area contributed by atoms with Crippen molar-refractivity contribution in [3.05, 3.63) is 23.8 Å². The number of rotatable bonds is 22. The number of carbonyl (C=O) groups excluding carboxylic acids is 4. The van der Waals surface area contributed by atoms with E-state index in [1.165, 1.54) is 12.1 Å². The first-order valence-corrected chi connectivity index (χ1v) is 13.5. The molecule has 41 heavy (non-hydrogen) atoms. The van der Waals surface area contributed by atoms with Gasteiger partial charge in [0.25, 0.3) is 0 Å². The van der Waals surface area contributed by atoms with Gasteiger partial charge >= 0.3 is 5.97 Å². The lowest BCUT2D eigenvalue weighted by atomic mass is 10.1. The Morgan fingerprint density at radius 2 is 1.34 bits per heavy atom. The van der Waals surface area contributed by atoms with Gasteiger partial charge in [-0.1, -0.05) is 6.07 Å². The van der Waals surface area contributed by atoms with Crippen LogP contribution < -0.4 is 38.1 Å². The number of amides is 4. The number of hydrogen-bond acceptors (Lipinski definition) is 10. The van der Waals surface area contributed by atoms with Crippen molar-refractivity contribution in [1.29, 1.82) is 0 Å². The molecule has 1 aromatic rings. The molecule has 1 aromatic carbocycles. The Kier molecular flexibility index (Phi) is 17.1. The van der Waals surface area contributed by atoms with E-state index in [4.69, 9.17) is 16.6 Å². The quantitative estimate of drug-likeness (QED) is 0.0655. The molecule has 0 saturated heterocycles. The van der Waals surface area contributed by atoms with Gasteiger partial charge in [-0.3, -0.25) is 24.0 Å². The number of hydrogen-bond donors (Lipinski definition) is 10. The average Bonchev–Trinajstić information content (AvgIpc) is 2.89. The van der Waals surface area contributed by atoms with Gasteiger partial charge in [0, 0.05) is 24.7 Å². The molecule has 0 saturated carbocycles. The summed E-state index contributed by atoms with van der Waals surface area (Å²) in [5.41, 5.74) is 11.0. The predicted octanol–water partition coefficient (Wildman–Crippen LogP) is -2.23. The van der Waals surface area contributed by atoms with Crippen LogP contribution in [0.5, 0.6) is 11.5 Å². The second-order valence-corrected chi connectivity index (χ2v) is 9.48. The van der Waals surface area contributed by atoms with E-state index in [-0.39, 0.29) is 29.9 Å². The van der Waals surface area contributed by atoms with E-state index >= 15 is 0 Å². The summed E-state index contributed by atoms with van der Waals surface area (Å²) in [5, 5.41) is 42.1. The smallest absolute Gasteiger partial charge is 0.305 e. The molecule has 0 radical (unpaired) electrons. The second-order valence-electron chi connectivity index (χ2n) is 9.48. The fraction of sp³-hybridized carbons (Fsp3) is 0.577. The normalized spacial score (nSPS) is 12.2. The monoisotopic (exact) mass is 581 g/mol. The molecule has 12 N–H and O–H groups in total. The third-order valence-electron chi connectivity index (χ3n) is 5.82. The highest BCUT2D eigenvalue weighted by molar-refractivity contribution is 5.92. The van der Waals surface area contributed by atoms with Gasteiger partial charge in [0.05, 0.1) is 25.3 Å². The molecule has 0 aliphatic rings.